The normalized spacial score (nSPS) is 10.5. The zero-order chi connectivity index (χ0) is 8.81. The van der Waals surface area contributed by atoms with Crippen LogP contribution < -0.4 is 4.74 Å². The molecule has 0 radical (unpaired) electrons. The molecule has 1 rings (SSSR count). The molecule has 0 saturated heterocycles. The first kappa shape index (κ1) is 8.71. The van der Waals surface area contributed by atoms with Gasteiger partial charge in [0.15, 0.2) is 0 Å². The number of pyridine rings is 1. The van der Waals surface area contributed by atoms with Gasteiger partial charge in [0.05, 0.1) is 0 Å². The van der Waals surface area contributed by atoms with E-state index in [1.807, 2.05) is 19.1 Å². The molecule has 1 aromatic heterocycles. The molecule has 0 spiro atoms. The summed E-state index contributed by atoms with van der Waals surface area (Å²) in [6.07, 6.45) is 3.69. The minimum absolute atomic E-state index is 0.313. The highest BCUT2D eigenvalue weighted by Crippen LogP contribution is 2.05. The summed E-state index contributed by atoms with van der Waals surface area (Å²) in [6.45, 7) is 2.31. The van der Waals surface area contributed by atoms with Gasteiger partial charge in [-0.2, -0.15) is 9.37 Å². The maximum absolute atomic E-state index is 12.5. The van der Waals surface area contributed by atoms with Gasteiger partial charge in [-0.3, -0.25) is 0 Å². The van der Waals surface area contributed by atoms with E-state index in [0.717, 1.165) is 0 Å². The van der Waals surface area contributed by atoms with Crippen molar-refractivity contribution >= 4 is 0 Å². The molecule has 0 unspecified atom stereocenters. The van der Waals surface area contributed by atoms with E-state index in [-0.39, 0.29) is 0 Å². The van der Waals surface area contributed by atoms with Crippen LogP contribution >= 0.6 is 0 Å². The highest BCUT2D eigenvalue weighted by atomic mass is 19.1. The van der Waals surface area contributed by atoms with Crippen LogP contribution in [0.2, 0.25) is 0 Å². The monoisotopic (exact) mass is 167 g/mol. The molecule has 1 aromatic rings. The number of allylic oxidation sites excluding steroid dienone is 1. The third kappa shape index (κ3) is 2.70. The number of hydrogen-bond acceptors (Lipinski definition) is 2. The number of aromatic nitrogens is 1. The van der Waals surface area contributed by atoms with Gasteiger partial charge in [-0.25, -0.2) is 0 Å². The molecule has 0 aliphatic carbocycles. The zero-order valence-corrected chi connectivity index (χ0v) is 6.83. The minimum Gasteiger partial charge on any atom is -0.473 e. The maximum atomic E-state index is 12.5. The summed E-state index contributed by atoms with van der Waals surface area (Å²) in [7, 11) is 0. The average molecular weight is 167 g/mol. The molecule has 2 nitrogen and oxygen atoms in total. The van der Waals surface area contributed by atoms with E-state index in [9.17, 15) is 4.39 Å². The fourth-order valence-corrected chi connectivity index (χ4v) is 0.700. The molecule has 12 heavy (non-hydrogen) atoms. The van der Waals surface area contributed by atoms with Crippen molar-refractivity contribution < 1.29 is 9.13 Å². The molecule has 64 valence electrons. The maximum Gasteiger partial charge on any atom is 0.216 e. The van der Waals surface area contributed by atoms with Gasteiger partial charge in [0.1, 0.15) is 6.61 Å². The summed E-state index contributed by atoms with van der Waals surface area (Å²) in [4.78, 5) is 3.52. The third-order valence-electron chi connectivity index (χ3n) is 1.25. The van der Waals surface area contributed by atoms with Crippen LogP contribution in [0.5, 0.6) is 5.88 Å². The number of ether oxygens (including phenoxy) is 1. The topological polar surface area (TPSA) is 22.1 Å². The Morgan fingerprint density at radius 2 is 2.42 bits per heavy atom. The quantitative estimate of drug-likeness (QED) is 0.508. The predicted octanol–water partition coefficient (Wildman–Crippen LogP) is 2.18. The Morgan fingerprint density at radius 1 is 1.58 bits per heavy atom. The lowest BCUT2D eigenvalue weighted by atomic mass is 10.5. The molecule has 0 bridgehead atoms. The lowest BCUT2D eigenvalue weighted by Crippen LogP contribution is -1.96. The first-order valence-corrected chi connectivity index (χ1v) is 3.69. The average Bonchev–Trinajstić information content (AvgIpc) is 2.05. The highest BCUT2D eigenvalue weighted by Gasteiger charge is 1.94. The van der Waals surface area contributed by atoms with Gasteiger partial charge in [0, 0.05) is 6.07 Å². The summed E-state index contributed by atoms with van der Waals surface area (Å²) in [5.74, 6) is -0.207. The van der Waals surface area contributed by atoms with Gasteiger partial charge in [0.2, 0.25) is 11.8 Å². The molecular formula is C9H10FNO. The van der Waals surface area contributed by atoms with E-state index in [0.29, 0.717) is 12.5 Å². The summed E-state index contributed by atoms with van der Waals surface area (Å²) in [5, 5.41) is 0. The SMILES string of the molecule is CC=CCOc1cccc(F)n1. The van der Waals surface area contributed by atoms with Crippen LogP contribution in [0.25, 0.3) is 0 Å². The molecule has 0 N–H and O–H groups in total. The fraction of sp³-hybridized carbons (Fsp3) is 0.222. The van der Waals surface area contributed by atoms with Gasteiger partial charge in [-0.15, -0.1) is 0 Å². The lowest BCUT2D eigenvalue weighted by Gasteiger charge is -2.00. The van der Waals surface area contributed by atoms with Crippen molar-refractivity contribution in [3.05, 3.63) is 36.3 Å². The highest BCUT2D eigenvalue weighted by molar-refractivity contribution is 5.10. The Bertz CT molecular complexity index is 273. The van der Waals surface area contributed by atoms with Crippen molar-refractivity contribution in [1.29, 1.82) is 0 Å². The fourth-order valence-electron chi connectivity index (χ4n) is 0.700. The van der Waals surface area contributed by atoms with Crippen LogP contribution in [0.15, 0.2) is 30.4 Å². The summed E-state index contributed by atoms with van der Waals surface area (Å²) in [6, 6.07) is 4.46. The standard InChI is InChI=1S/C9H10FNO/c1-2-3-7-12-9-6-4-5-8(10)11-9/h2-6H,7H2,1H3. The van der Waals surface area contributed by atoms with Crippen molar-refractivity contribution in [1.82, 2.24) is 4.98 Å². The van der Waals surface area contributed by atoms with Crippen LogP contribution in [0.4, 0.5) is 4.39 Å². The van der Waals surface area contributed by atoms with E-state index in [4.69, 9.17) is 4.74 Å². The van der Waals surface area contributed by atoms with Gasteiger partial charge >= 0.3 is 0 Å². The van der Waals surface area contributed by atoms with Crippen LogP contribution in [0, 0.1) is 5.95 Å². The molecule has 0 saturated carbocycles. The van der Waals surface area contributed by atoms with Crippen LogP contribution in [0.3, 0.4) is 0 Å². The number of rotatable bonds is 3. The first-order valence-electron chi connectivity index (χ1n) is 3.69. The second-order valence-corrected chi connectivity index (χ2v) is 2.18. The Morgan fingerprint density at radius 3 is 3.08 bits per heavy atom. The summed E-state index contributed by atoms with van der Waals surface area (Å²) >= 11 is 0. The van der Waals surface area contributed by atoms with E-state index in [1.165, 1.54) is 6.07 Å². The van der Waals surface area contributed by atoms with Crippen molar-refractivity contribution in [2.75, 3.05) is 6.61 Å². The van der Waals surface area contributed by atoms with E-state index < -0.39 is 5.95 Å². The smallest absolute Gasteiger partial charge is 0.216 e. The Labute approximate surface area is 70.7 Å². The van der Waals surface area contributed by atoms with Crippen LogP contribution in [0.1, 0.15) is 6.92 Å². The minimum atomic E-state index is -0.520. The van der Waals surface area contributed by atoms with E-state index in [1.54, 1.807) is 12.1 Å². The Kier molecular flexibility index (Phi) is 3.26. The van der Waals surface area contributed by atoms with Crippen molar-refractivity contribution in [3.63, 3.8) is 0 Å². The van der Waals surface area contributed by atoms with E-state index >= 15 is 0 Å². The Hall–Kier alpha value is -1.38. The molecule has 0 amide bonds. The molecule has 0 aromatic carbocycles. The number of halogens is 1. The summed E-state index contributed by atoms with van der Waals surface area (Å²) < 4.78 is 17.6. The molecule has 0 aliphatic rings. The second kappa shape index (κ2) is 4.49. The number of hydrogen-bond donors (Lipinski definition) is 0. The third-order valence-corrected chi connectivity index (χ3v) is 1.25. The first-order chi connectivity index (χ1) is 5.83. The molecule has 0 atom stereocenters. The molecule has 3 heteroatoms. The van der Waals surface area contributed by atoms with Crippen LogP contribution in [-0.4, -0.2) is 11.6 Å². The second-order valence-electron chi connectivity index (χ2n) is 2.18. The molecule has 1 heterocycles. The number of nitrogens with zero attached hydrogens (tertiary/aromatic N) is 1. The van der Waals surface area contributed by atoms with Crippen molar-refractivity contribution in [3.8, 4) is 5.88 Å². The largest absolute Gasteiger partial charge is 0.473 e. The predicted molar refractivity (Wildman–Crippen MR) is 44.5 cm³/mol. The van der Waals surface area contributed by atoms with Crippen molar-refractivity contribution in [2.45, 2.75) is 6.92 Å². The molecule has 0 fully saturated rings. The lowest BCUT2D eigenvalue weighted by molar-refractivity contribution is 0.341. The molecular weight excluding hydrogens is 157 g/mol. The van der Waals surface area contributed by atoms with Gasteiger partial charge < -0.3 is 4.74 Å². The van der Waals surface area contributed by atoms with Gasteiger partial charge in [0.25, 0.3) is 0 Å². The zero-order valence-electron chi connectivity index (χ0n) is 6.83. The van der Waals surface area contributed by atoms with E-state index in [2.05, 4.69) is 4.98 Å². The molecule has 0 aliphatic heterocycles. The van der Waals surface area contributed by atoms with Crippen molar-refractivity contribution in [2.24, 2.45) is 0 Å². The Balaban J connectivity index is 2.52. The van der Waals surface area contributed by atoms with Gasteiger partial charge in [-0.1, -0.05) is 18.2 Å². The van der Waals surface area contributed by atoms with Crippen LogP contribution in [-0.2, 0) is 0 Å². The summed E-state index contributed by atoms with van der Waals surface area (Å²) in [5.41, 5.74) is 0. The van der Waals surface area contributed by atoms with Gasteiger partial charge in [-0.05, 0) is 13.0 Å².